The van der Waals surface area contributed by atoms with Crippen molar-refractivity contribution in [1.29, 1.82) is 0 Å². The highest BCUT2D eigenvalue weighted by Gasteiger charge is 2.20. The molecule has 23 heavy (non-hydrogen) atoms. The lowest BCUT2D eigenvalue weighted by Gasteiger charge is -2.20. The van der Waals surface area contributed by atoms with Crippen molar-refractivity contribution >= 4 is 28.6 Å². The van der Waals surface area contributed by atoms with E-state index in [9.17, 15) is 9.59 Å². The van der Waals surface area contributed by atoms with E-state index in [1.54, 1.807) is 10.6 Å². The van der Waals surface area contributed by atoms with Crippen LogP contribution in [0.4, 0.5) is 0 Å². The van der Waals surface area contributed by atoms with Crippen molar-refractivity contribution in [1.82, 2.24) is 14.9 Å². The summed E-state index contributed by atoms with van der Waals surface area (Å²) in [5, 5.41) is 3.71. The molecule has 1 amide bonds. The monoisotopic (exact) mass is 333 g/mol. The van der Waals surface area contributed by atoms with Crippen LogP contribution in [0.5, 0.6) is 0 Å². The summed E-state index contributed by atoms with van der Waals surface area (Å²) in [5.74, 6) is -0.0457. The first-order valence-electron chi connectivity index (χ1n) is 7.95. The number of carbonyl (C=O) groups excluding carboxylic acids is 1. The maximum Gasteiger partial charge on any atom is 0.262 e. The number of para-hydroxylation sites is 1. The van der Waals surface area contributed by atoms with Gasteiger partial charge in [-0.1, -0.05) is 30.8 Å². The van der Waals surface area contributed by atoms with Gasteiger partial charge < -0.3 is 5.32 Å². The molecule has 0 saturated carbocycles. The molecular weight excluding hydrogens is 310 g/mol. The molecule has 0 saturated heterocycles. The third kappa shape index (κ3) is 3.75. The zero-order chi connectivity index (χ0) is 17.0. The van der Waals surface area contributed by atoms with E-state index in [2.05, 4.69) is 10.3 Å². The predicted octanol–water partition coefficient (Wildman–Crippen LogP) is 2.98. The number of thioether (sulfide) groups is 1. The molecule has 0 unspecified atom stereocenters. The molecule has 1 N–H and O–H groups in total. The van der Waals surface area contributed by atoms with Crippen LogP contribution in [0.3, 0.4) is 0 Å². The maximum atomic E-state index is 12.8. The van der Waals surface area contributed by atoms with Gasteiger partial charge in [-0.3, -0.25) is 14.2 Å². The first-order chi connectivity index (χ1) is 11.0. The Balaban J connectivity index is 2.52. The molecule has 6 heteroatoms. The topological polar surface area (TPSA) is 64.0 Å². The number of aromatic nitrogens is 2. The van der Waals surface area contributed by atoms with Crippen molar-refractivity contribution < 1.29 is 4.79 Å². The van der Waals surface area contributed by atoms with E-state index in [-0.39, 0.29) is 22.8 Å². The number of fused-ring (bicyclic) bond motifs is 1. The number of benzene rings is 1. The second-order valence-electron chi connectivity index (χ2n) is 5.50. The van der Waals surface area contributed by atoms with Crippen LogP contribution in [0.2, 0.25) is 0 Å². The van der Waals surface area contributed by atoms with Crippen LogP contribution < -0.4 is 10.9 Å². The summed E-state index contributed by atoms with van der Waals surface area (Å²) < 4.78 is 1.71. The van der Waals surface area contributed by atoms with Crippen LogP contribution in [0.1, 0.15) is 40.2 Å². The Morgan fingerprint density at radius 1 is 1.30 bits per heavy atom. The van der Waals surface area contributed by atoms with Gasteiger partial charge >= 0.3 is 0 Å². The fourth-order valence-electron chi connectivity index (χ4n) is 2.31. The number of hydrogen-bond acceptors (Lipinski definition) is 4. The molecule has 5 nitrogen and oxygen atoms in total. The molecule has 124 valence electrons. The molecule has 0 aliphatic carbocycles. The van der Waals surface area contributed by atoms with E-state index in [0.29, 0.717) is 22.6 Å². The van der Waals surface area contributed by atoms with Gasteiger partial charge in [-0.2, -0.15) is 0 Å². The highest BCUT2D eigenvalue weighted by atomic mass is 32.2. The first-order valence-corrected chi connectivity index (χ1v) is 8.83. The van der Waals surface area contributed by atoms with Crippen LogP contribution >= 0.6 is 11.8 Å². The third-order valence-corrected chi connectivity index (χ3v) is 4.88. The summed E-state index contributed by atoms with van der Waals surface area (Å²) in [4.78, 5) is 29.5. The number of carbonyl (C=O) groups is 1. The molecule has 0 radical (unpaired) electrons. The molecule has 1 aromatic heterocycles. The Hall–Kier alpha value is -1.82. The number of amides is 1. The van der Waals surface area contributed by atoms with E-state index in [4.69, 9.17) is 0 Å². The fourth-order valence-corrected chi connectivity index (χ4v) is 3.34. The van der Waals surface area contributed by atoms with Gasteiger partial charge in [0.1, 0.15) is 0 Å². The quantitative estimate of drug-likeness (QED) is 0.652. The Bertz CT molecular complexity index is 757. The molecule has 1 aromatic carbocycles. The Morgan fingerprint density at radius 3 is 2.65 bits per heavy atom. The third-order valence-electron chi connectivity index (χ3n) is 3.81. The lowest BCUT2D eigenvalue weighted by atomic mass is 10.2. The Morgan fingerprint density at radius 2 is 2.00 bits per heavy atom. The normalized spacial score (nSPS) is 13.7. The smallest absolute Gasteiger partial charge is 0.262 e. The molecule has 0 spiro atoms. The van der Waals surface area contributed by atoms with E-state index in [1.165, 1.54) is 11.8 Å². The van der Waals surface area contributed by atoms with Crippen molar-refractivity contribution in [3.8, 4) is 0 Å². The van der Waals surface area contributed by atoms with Gasteiger partial charge in [0.2, 0.25) is 5.91 Å². The lowest BCUT2D eigenvalue weighted by molar-refractivity contribution is -0.120. The van der Waals surface area contributed by atoms with E-state index in [1.807, 2.05) is 45.9 Å². The van der Waals surface area contributed by atoms with Gasteiger partial charge in [0, 0.05) is 12.6 Å². The van der Waals surface area contributed by atoms with Crippen LogP contribution in [-0.2, 0) is 4.79 Å². The standard InChI is InChI=1S/C17H23N3O2S/c1-5-11(3)20-16(22)13-9-7-8-10-14(13)19-17(20)23-12(4)15(21)18-6-2/h7-12H,5-6H2,1-4H3,(H,18,21)/t11-,12+/m0/s1. The summed E-state index contributed by atoms with van der Waals surface area (Å²) >= 11 is 1.33. The predicted molar refractivity (Wildman–Crippen MR) is 95.0 cm³/mol. The van der Waals surface area contributed by atoms with Gasteiger partial charge in [0.25, 0.3) is 5.56 Å². The molecule has 0 aliphatic rings. The average molecular weight is 333 g/mol. The van der Waals surface area contributed by atoms with Crippen LogP contribution in [0.15, 0.2) is 34.2 Å². The van der Waals surface area contributed by atoms with Crippen molar-refractivity contribution in [3.05, 3.63) is 34.6 Å². The highest BCUT2D eigenvalue weighted by Crippen LogP contribution is 2.25. The molecule has 2 aromatic rings. The lowest BCUT2D eigenvalue weighted by Crippen LogP contribution is -2.32. The number of nitrogens with one attached hydrogen (secondary N) is 1. The van der Waals surface area contributed by atoms with Gasteiger partial charge in [-0.25, -0.2) is 4.98 Å². The van der Waals surface area contributed by atoms with Crippen molar-refractivity contribution in [2.75, 3.05) is 6.54 Å². The van der Waals surface area contributed by atoms with E-state index in [0.717, 1.165) is 6.42 Å². The Labute approximate surface area is 140 Å². The molecule has 1 heterocycles. The summed E-state index contributed by atoms with van der Waals surface area (Å²) in [6.07, 6.45) is 0.822. The zero-order valence-electron chi connectivity index (χ0n) is 14.0. The minimum atomic E-state index is -0.307. The largest absolute Gasteiger partial charge is 0.355 e. The van der Waals surface area contributed by atoms with Crippen LogP contribution in [-0.4, -0.2) is 27.3 Å². The van der Waals surface area contributed by atoms with Crippen LogP contribution in [0, 0.1) is 0 Å². The number of rotatable bonds is 6. The van der Waals surface area contributed by atoms with Gasteiger partial charge in [-0.15, -0.1) is 0 Å². The number of hydrogen-bond donors (Lipinski definition) is 1. The first kappa shape index (κ1) is 17.5. The SMILES string of the molecule is CCNC(=O)[C@@H](C)Sc1nc2ccccc2c(=O)n1[C@@H](C)CC. The molecule has 0 bridgehead atoms. The van der Waals surface area contributed by atoms with Gasteiger partial charge in [-0.05, 0) is 39.3 Å². The van der Waals surface area contributed by atoms with Crippen molar-refractivity contribution in [3.63, 3.8) is 0 Å². The summed E-state index contributed by atoms with van der Waals surface area (Å²) in [6.45, 7) is 8.34. The van der Waals surface area contributed by atoms with Crippen molar-refractivity contribution in [2.24, 2.45) is 0 Å². The fraction of sp³-hybridized carbons (Fsp3) is 0.471. The second kappa shape index (κ2) is 7.64. The highest BCUT2D eigenvalue weighted by molar-refractivity contribution is 8.00. The summed E-state index contributed by atoms with van der Waals surface area (Å²) in [7, 11) is 0. The van der Waals surface area contributed by atoms with E-state index < -0.39 is 0 Å². The second-order valence-corrected chi connectivity index (χ2v) is 6.81. The average Bonchev–Trinajstić information content (AvgIpc) is 2.54. The zero-order valence-corrected chi connectivity index (χ0v) is 14.8. The van der Waals surface area contributed by atoms with E-state index >= 15 is 0 Å². The molecule has 2 atom stereocenters. The van der Waals surface area contributed by atoms with Crippen LogP contribution in [0.25, 0.3) is 10.9 Å². The minimum absolute atomic E-state index is 0.0311. The molecule has 2 rings (SSSR count). The minimum Gasteiger partial charge on any atom is -0.355 e. The summed E-state index contributed by atoms with van der Waals surface area (Å²) in [6, 6.07) is 7.37. The molecule has 0 aliphatic heterocycles. The summed E-state index contributed by atoms with van der Waals surface area (Å²) in [5.41, 5.74) is 0.623. The molecule has 0 fully saturated rings. The Kier molecular flexibility index (Phi) is 5.82. The molecular formula is C17H23N3O2S. The number of nitrogens with zero attached hydrogens (tertiary/aromatic N) is 2. The van der Waals surface area contributed by atoms with Gasteiger partial charge in [0.05, 0.1) is 16.2 Å². The van der Waals surface area contributed by atoms with Gasteiger partial charge in [0.15, 0.2) is 5.16 Å². The van der Waals surface area contributed by atoms with Crippen molar-refractivity contribution in [2.45, 2.75) is 50.6 Å². The maximum absolute atomic E-state index is 12.8.